The van der Waals surface area contributed by atoms with Crippen molar-refractivity contribution in [3.8, 4) is 5.75 Å². The number of aromatic nitrogens is 3. The highest BCUT2D eigenvalue weighted by atomic mass is 35.5. The molecular weight excluding hydrogens is 411 g/mol. The lowest BCUT2D eigenvalue weighted by Gasteiger charge is -2.34. The smallest absolute Gasteiger partial charge is 0.137 e. The molecule has 0 spiro atoms. The van der Waals surface area contributed by atoms with Crippen LogP contribution in [0.15, 0.2) is 55.1 Å². The minimum atomic E-state index is -0.414. The Labute approximate surface area is 179 Å². The number of hydrogen-bond donors (Lipinski definition) is 0. The molecular formula is C21H22Cl2N4O2. The van der Waals surface area contributed by atoms with Gasteiger partial charge in [0.05, 0.1) is 12.1 Å². The number of hydroxylamine groups is 2. The van der Waals surface area contributed by atoms with Crippen LogP contribution in [0.1, 0.15) is 17.5 Å². The average molecular weight is 433 g/mol. The second-order valence-corrected chi connectivity index (χ2v) is 8.13. The largest absolute Gasteiger partial charge is 0.491 e. The maximum Gasteiger partial charge on any atom is 0.137 e. The van der Waals surface area contributed by atoms with Crippen molar-refractivity contribution in [2.24, 2.45) is 0 Å². The molecule has 152 valence electrons. The number of nitrogens with zero attached hydrogens (tertiary/aromatic N) is 4. The zero-order valence-corrected chi connectivity index (χ0v) is 17.8. The second kappa shape index (κ2) is 8.32. The molecule has 2 atom stereocenters. The van der Waals surface area contributed by atoms with E-state index in [1.54, 1.807) is 6.33 Å². The van der Waals surface area contributed by atoms with Crippen LogP contribution in [-0.4, -0.2) is 39.6 Å². The standard InChI is InChI=1S/C21H22Cl2N4O2/c1-15-9-18(7-8-20(15)23)28-11-19-10-21(26(2)29-19,12-27-14-24-13-25-27)16-3-5-17(22)6-4-16/h3-9,13-14,19H,10-12H2,1-2H3. The van der Waals surface area contributed by atoms with Crippen LogP contribution in [0.2, 0.25) is 10.0 Å². The first-order valence-electron chi connectivity index (χ1n) is 9.34. The summed E-state index contributed by atoms with van der Waals surface area (Å²) in [6.07, 6.45) is 3.87. The molecule has 0 saturated carbocycles. The molecule has 1 saturated heterocycles. The summed E-state index contributed by atoms with van der Waals surface area (Å²) in [6, 6.07) is 13.5. The van der Waals surface area contributed by atoms with E-state index >= 15 is 0 Å². The molecule has 1 aliphatic heterocycles. The summed E-state index contributed by atoms with van der Waals surface area (Å²) in [5.74, 6) is 0.776. The van der Waals surface area contributed by atoms with Gasteiger partial charge in [0.1, 0.15) is 31.1 Å². The molecule has 4 rings (SSSR count). The van der Waals surface area contributed by atoms with Crippen molar-refractivity contribution in [3.05, 3.63) is 76.3 Å². The van der Waals surface area contributed by atoms with E-state index in [-0.39, 0.29) is 6.10 Å². The van der Waals surface area contributed by atoms with Gasteiger partial charge in [0.2, 0.25) is 0 Å². The number of hydrogen-bond acceptors (Lipinski definition) is 5. The van der Waals surface area contributed by atoms with E-state index in [4.69, 9.17) is 32.8 Å². The maximum atomic E-state index is 6.17. The maximum absolute atomic E-state index is 6.17. The number of ether oxygens (including phenoxy) is 1. The van der Waals surface area contributed by atoms with Crippen molar-refractivity contribution in [2.75, 3.05) is 13.7 Å². The Bertz CT molecular complexity index is 965. The number of rotatable bonds is 6. The minimum absolute atomic E-state index is 0.116. The van der Waals surface area contributed by atoms with Gasteiger partial charge in [-0.25, -0.2) is 4.98 Å². The predicted octanol–water partition coefficient (Wildman–Crippen LogP) is 4.50. The molecule has 2 aromatic carbocycles. The predicted molar refractivity (Wildman–Crippen MR) is 112 cm³/mol. The first-order valence-corrected chi connectivity index (χ1v) is 10.1. The third-order valence-electron chi connectivity index (χ3n) is 5.31. The van der Waals surface area contributed by atoms with Crippen molar-refractivity contribution in [2.45, 2.75) is 31.5 Å². The molecule has 6 nitrogen and oxygen atoms in total. The van der Waals surface area contributed by atoms with Crippen molar-refractivity contribution in [3.63, 3.8) is 0 Å². The van der Waals surface area contributed by atoms with Gasteiger partial charge in [0.15, 0.2) is 0 Å². The van der Waals surface area contributed by atoms with Crippen LogP contribution in [0.4, 0.5) is 0 Å². The molecule has 2 heterocycles. The van der Waals surface area contributed by atoms with Gasteiger partial charge < -0.3 is 4.74 Å². The summed E-state index contributed by atoms with van der Waals surface area (Å²) in [6.45, 7) is 2.98. The topological polar surface area (TPSA) is 52.4 Å². The SMILES string of the molecule is Cc1cc(OCC2CC(Cn3cncn3)(c3ccc(Cl)cc3)N(C)O2)ccc1Cl. The second-order valence-electron chi connectivity index (χ2n) is 7.28. The molecule has 0 N–H and O–H groups in total. The van der Waals surface area contributed by atoms with Crippen LogP contribution in [-0.2, 0) is 16.9 Å². The van der Waals surface area contributed by atoms with E-state index in [0.29, 0.717) is 18.2 Å². The number of likely N-dealkylation sites (N-methyl/N-ethyl adjacent to an activating group) is 1. The number of benzene rings is 2. The van der Waals surface area contributed by atoms with Crippen molar-refractivity contribution in [1.82, 2.24) is 19.8 Å². The molecule has 0 bridgehead atoms. The number of halogens is 2. The molecule has 0 radical (unpaired) electrons. The Morgan fingerprint density at radius 3 is 2.69 bits per heavy atom. The Kier molecular flexibility index (Phi) is 5.79. The summed E-state index contributed by atoms with van der Waals surface area (Å²) >= 11 is 12.2. The Morgan fingerprint density at radius 1 is 1.21 bits per heavy atom. The lowest BCUT2D eigenvalue weighted by atomic mass is 9.85. The highest BCUT2D eigenvalue weighted by Gasteiger charge is 2.47. The van der Waals surface area contributed by atoms with Gasteiger partial charge in [-0.3, -0.25) is 9.52 Å². The fourth-order valence-electron chi connectivity index (χ4n) is 3.75. The Balaban J connectivity index is 1.55. The molecule has 29 heavy (non-hydrogen) atoms. The quantitative estimate of drug-likeness (QED) is 0.573. The Hall–Kier alpha value is -2.12. The van der Waals surface area contributed by atoms with Crippen LogP contribution >= 0.6 is 23.2 Å². The zero-order valence-electron chi connectivity index (χ0n) is 16.3. The first-order chi connectivity index (χ1) is 14.0. The van der Waals surface area contributed by atoms with Gasteiger partial charge >= 0.3 is 0 Å². The van der Waals surface area contributed by atoms with Crippen molar-refractivity contribution < 1.29 is 9.57 Å². The van der Waals surface area contributed by atoms with Gasteiger partial charge in [-0.1, -0.05) is 35.3 Å². The van der Waals surface area contributed by atoms with E-state index in [0.717, 1.165) is 28.3 Å². The van der Waals surface area contributed by atoms with Gasteiger partial charge in [-0.15, -0.1) is 0 Å². The molecule has 3 aromatic rings. The average Bonchev–Trinajstić information content (AvgIpc) is 3.32. The third-order valence-corrected chi connectivity index (χ3v) is 5.99. The summed E-state index contributed by atoms with van der Waals surface area (Å²) in [4.78, 5) is 10.2. The zero-order chi connectivity index (χ0) is 20.4. The van der Waals surface area contributed by atoms with Crippen molar-refractivity contribution in [1.29, 1.82) is 0 Å². The van der Waals surface area contributed by atoms with E-state index in [1.165, 1.54) is 6.33 Å². The highest BCUT2D eigenvalue weighted by molar-refractivity contribution is 6.31. The van der Waals surface area contributed by atoms with Gasteiger partial charge in [0, 0.05) is 23.5 Å². The lowest BCUT2D eigenvalue weighted by Crippen LogP contribution is -2.42. The van der Waals surface area contributed by atoms with Crippen LogP contribution in [0.25, 0.3) is 0 Å². The molecule has 1 aliphatic rings. The molecule has 8 heteroatoms. The van der Waals surface area contributed by atoms with E-state index < -0.39 is 5.54 Å². The van der Waals surface area contributed by atoms with Crippen LogP contribution in [0.3, 0.4) is 0 Å². The van der Waals surface area contributed by atoms with Gasteiger partial charge in [-0.05, 0) is 48.4 Å². The minimum Gasteiger partial charge on any atom is -0.491 e. The molecule has 2 unspecified atom stereocenters. The Morgan fingerprint density at radius 2 is 2.00 bits per heavy atom. The van der Waals surface area contributed by atoms with E-state index in [1.807, 2.05) is 66.2 Å². The summed E-state index contributed by atoms with van der Waals surface area (Å²) in [5, 5.41) is 7.62. The number of aryl methyl sites for hydroxylation is 1. The molecule has 0 aliphatic carbocycles. The first kappa shape index (κ1) is 20.2. The highest BCUT2D eigenvalue weighted by Crippen LogP contribution is 2.41. The third kappa shape index (κ3) is 4.26. The van der Waals surface area contributed by atoms with Gasteiger partial charge in [-0.2, -0.15) is 10.2 Å². The molecule has 1 fully saturated rings. The van der Waals surface area contributed by atoms with Crippen LogP contribution in [0.5, 0.6) is 5.75 Å². The monoisotopic (exact) mass is 432 g/mol. The van der Waals surface area contributed by atoms with Crippen LogP contribution in [0, 0.1) is 6.92 Å². The fourth-order valence-corrected chi connectivity index (χ4v) is 3.99. The van der Waals surface area contributed by atoms with E-state index in [2.05, 4.69) is 10.1 Å². The molecule has 1 aromatic heterocycles. The summed E-state index contributed by atoms with van der Waals surface area (Å²) in [5.41, 5.74) is 1.67. The summed E-state index contributed by atoms with van der Waals surface area (Å²) < 4.78 is 7.81. The summed E-state index contributed by atoms with van der Waals surface area (Å²) in [7, 11) is 1.94. The normalized spacial score (nSPS) is 22.1. The van der Waals surface area contributed by atoms with Crippen molar-refractivity contribution >= 4 is 23.2 Å². The molecule has 0 amide bonds. The fraction of sp³-hybridized carbons (Fsp3) is 0.333. The lowest BCUT2D eigenvalue weighted by molar-refractivity contribution is -0.180. The van der Waals surface area contributed by atoms with Crippen LogP contribution < -0.4 is 4.74 Å². The van der Waals surface area contributed by atoms with E-state index in [9.17, 15) is 0 Å². The van der Waals surface area contributed by atoms with Gasteiger partial charge in [0.25, 0.3) is 0 Å².